The molecule has 1 aliphatic rings. The highest BCUT2D eigenvalue weighted by Gasteiger charge is 2.23. The zero-order valence-corrected chi connectivity index (χ0v) is 15.7. The molecule has 1 unspecified atom stereocenters. The van der Waals surface area contributed by atoms with Crippen LogP contribution < -0.4 is 10.9 Å². The Kier molecular flexibility index (Phi) is 4.56. The molecule has 6 heteroatoms. The van der Waals surface area contributed by atoms with E-state index in [1.165, 1.54) is 10.1 Å². The summed E-state index contributed by atoms with van der Waals surface area (Å²) >= 11 is 0. The molecule has 0 aliphatic heterocycles. The molecule has 0 saturated carbocycles. The summed E-state index contributed by atoms with van der Waals surface area (Å²) < 4.78 is 3.15. The van der Waals surface area contributed by atoms with Gasteiger partial charge in [-0.1, -0.05) is 36.8 Å². The van der Waals surface area contributed by atoms with E-state index in [2.05, 4.69) is 17.3 Å². The van der Waals surface area contributed by atoms with Gasteiger partial charge in [-0.15, -0.1) is 0 Å². The molecule has 4 rings (SSSR count). The van der Waals surface area contributed by atoms with Crippen molar-refractivity contribution in [3.63, 3.8) is 0 Å². The monoisotopic (exact) mass is 364 g/mol. The molecule has 1 atom stereocenters. The van der Waals surface area contributed by atoms with Gasteiger partial charge in [-0.25, -0.2) is 4.52 Å². The normalized spacial score (nSPS) is 16.3. The summed E-state index contributed by atoms with van der Waals surface area (Å²) in [6.07, 6.45) is 6.30. The summed E-state index contributed by atoms with van der Waals surface area (Å²) in [5.41, 5.74) is 4.76. The Balaban J connectivity index is 1.52. The molecule has 1 aromatic carbocycles. The lowest BCUT2D eigenvalue weighted by atomic mass is 9.88. The highest BCUT2D eigenvalue weighted by Crippen LogP contribution is 2.26. The van der Waals surface area contributed by atoms with Crippen molar-refractivity contribution in [1.29, 1.82) is 0 Å². The van der Waals surface area contributed by atoms with Crippen LogP contribution in [0.5, 0.6) is 0 Å². The summed E-state index contributed by atoms with van der Waals surface area (Å²) in [6.45, 7) is 4.69. The van der Waals surface area contributed by atoms with Gasteiger partial charge >= 0.3 is 0 Å². The summed E-state index contributed by atoms with van der Waals surface area (Å²) in [7, 11) is 0. The minimum atomic E-state index is -0.177. The number of amides is 1. The number of fused-ring (bicyclic) bond motifs is 3. The molecule has 1 N–H and O–H groups in total. The van der Waals surface area contributed by atoms with Gasteiger partial charge in [-0.05, 0) is 37.7 Å². The van der Waals surface area contributed by atoms with Crippen LogP contribution in [-0.4, -0.2) is 20.1 Å². The van der Waals surface area contributed by atoms with Crippen molar-refractivity contribution in [1.82, 2.24) is 19.5 Å². The third kappa shape index (κ3) is 3.52. The lowest BCUT2D eigenvalue weighted by Gasteiger charge is -2.16. The Morgan fingerprint density at radius 1 is 1.26 bits per heavy atom. The first-order valence-corrected chi connectivity index (χ1v) is 9.43. The smallest absolute Gasteiger partial charge is 0.277 e. The maximum Gasteiger partial charge on any atom is 0.277 e. The van der Waals surface area contributed by atoms with Crippen molar-refractivity contribution < 1.29 is 4.79 Å². The predicted molar refractivity (Wildman–Crippen MR) is 104 cm³/mol. The van der Waals surface area contributed by atoms with E-state index in [9.17, 15) is 9.59 Å². The topological polar surface area (TPSA) is 68.4 Å². The van der Waals surface area contributed by atoms with Crippen molar-refractivity contribution in [3.8, 4) is 0 Å². The zero-order valence-electron chi connectivity index (χ0n) is 15.7. The number of carbonyl (C=O) groups excluding carboxylic acids is 1. The second-order valence-electron chi connectivity index (χ2n) is 7.56. The highest BCUT2D eigenvalue weighted by molar-refractivity contribution is 5.75. The quantitative estimate of drug-likeness (QED) is 0.772. The molecular weight excluding hydrogens is 340 g/mol. The first kappa shape index (κ1) is 17.5. The summed E-state index contributed by atoms with van der Waals surface area (Å²) in [6, 6.07) is 8.02. The number of nitrogens with one attached hydrogen (secondary N) is 1. The first-order valence-electron chi connectivity index (χ1n) is 9.43. The lowest BCUT2D eigenvalue weighted by Crippen LogP contribution is -2.32. The van der Waals surface area contributed by atoms with Crippen LogP contribution in [0.4, 0.5) is 0 Å². The fraction of sp³-hybridized carbons (Fsp3) is 0.381. The summed E-state index contributed by atoms with van der Waals surface area (Å²) in [5.74, 6) is 0.375. The van der Waals surface area contributed by atoms with Gasteiger partial charge in [0.25, 0.3) is 5.56 Å². The van der Waals surface area contributed by atoms with Crippen LogP contribution in [0, 0.1) is 12.8 Å². The first-order chi connectivity index (χ1) is 13.0. The van der Waals surface area contributed by atoms with Gasteiger partial charge in [0.1, 0.15) is 12.1 Å². The van der Waals surface area contributed by atoms with Crippen LogP contribution in [0.25, 0.3) is 5.52 Å². The van der Waals surface area contributed by atoms with Crippen LogP contribution in [0.15, 0.2) is 41.5 Å². The second kappa shape index (κ2) is 7.02. The zero-order chi connectivity index (χ0) is 19.0. The van der Waals surface area contributed by atoms with Crippen molar-refractivity contribution in [2.75, 3.05) is 0 Å². The van der Waals surface area contributed by atoms with Gasteiger partial charge < -0.3 is 9.88 Å². The second-order valence-corrected chi connectivity index (χ2v) is 7.56. The van der Waals surface area contributed by atoms with Gasteiger partial charge in [-0.3, -0.25) is 9.59 Å². The van der Waals surface area contributed by atoms with Gasteiger partial charge in [0, 0.05) is 24.5 Å². The van der Waals surface area contributed by atoms with Crippen molar-refractivity contribution >= 4 is 11.4 Å². The molecule has 2 heterocycles. The average Bonchev–Trinajstić information content (AvgIpc) is 3.02. The minimum absolute atomic E-state index is 0.0106. The van der Waals surface area contributed by atoms with Crippen LogP contribution in [-0.2, 0) is 30.7 Å². The van der Waals surface area contributed by atoms with Crippen LogP contribution in [0.1, 0.15) is 35.7 Å². The number of aromatic nitrogens is 3. The van der Waals surface area contributed by atoms with E-state index in [0.29, 0.717) is 18.0 Å². The number of hydrogen-bond donors (Lipinski definition) is 1. The maximum atomic E-state index is 12.9. The summed E-state index contributed by atoms with van der Waals surface area (Å²) in [5, 5.41) is 7.44. The van der Waals surface area contributed by atoms with Gasteiger partial charge in [0.15, 0.2) is 0 Å². The molecule has 0 bridgehead atoms. The van der Waals surface area contributed by atoms with Crippen molar-refractivity contribution in [2.24, 2.45) is 5.92 Å². The fourth-order valence-electron chi connectivity index (χ4n) is 3.69. The number of aryl methyl sites for hydroxylation is 2. The lowest BCUT2D eigenvalue weighted by molar-refractivity contribution is -0.121. The van der Waals surface area contributed by atoms with Crippen molar-refractivity contribution in [2.45, 2.75) is 46.2 Å². The van der Waals surface area contributed by atoms with Gasteiger partial charge in [0.05, 0.1) is 5.69 Å². The van der Waals surface area contributed by atoms with E-state index in [4.69, 9.17) is 0 Å². The number of benzene rings is 1. The van der Waals surface area contributed by atoms with E-state index < -0.39 is 0 Å². The fourth-order valence-corrected chi connectivity index (χ4v) is 3.69. The molecule has 1 aliphatic carbocycles. The van der Waals surface area contributed by atoms with Gasteiger partial charge in [0.2, 0.25) is 5.91 Å². The Morgan fingerprint density at radius 3 is 2.81 bits per heavy atom. The van der Waals surface area contributed by atoms with E-state index in [-0.39, 0.29) is 18.0 Å². The molecule has 3 aromatic rings. The Hall–Kier alpha value is -2.89. The number of rotatable bonds is 4. The maximum absolute atomic E-state index is 12.9. The largest absolute Gasteiger partial charge is 0.350 e. The molecule has 0 fully saturated rings. The molecule has 0 spiro atoms. The highest BCUT2D eigenvalue weighted by atomic mass is 16.2. The third-order valence-electron chi connectivity index (χ3n) is 5.29. The molecule has 0 radical (unpaired) electrons. The van der Waals surface area contributed by atoms with Gasteiger partial charge in [-0.2, -0.15) is 5.10 Å². The molecule has 2 aromatic heterocycles. The average molecular weight is 364 g/mol. The van der Waals surface area contributed by atoms with Crippen LogP contribution in [0.2, 0.25) is 0 Å². The Labute approximate surface area is 157 Å². The van der Waals surface area contributed by atoms with Crippen molar-refractivity contribution in [3.05, 3.63) is 69.4 Å². The molecule has 1 amide bonds. The number of carbonyl (C=O) groups is 1. The summed E-state index contributed by atoms with van der Waals surface area (Å²) in [4.78, 5) is 25.3. The van der Waals surface area contributed by atoms with E-state index in [0.717, 1.165) is 36.1 Å². The molecule has 0 saturated heterocycles. The minimum Gasteiger partial charge on any atom is -0.350 e. The Bertz CT molecular complexity index is 1050. The molecule has 6 nitrogen and oxygen atoms in total. The molecule has 140 valence electrons. The van der Waals surface area contributed by atoms with E-state index in [1.54, 1.807) is 16.9 Å². The standard InChI is InChI=1S/C21H24N4O2/c1-14-3-6-16(7-4-14)12-22-19(26)13-24-9-10-25-20(21(24)27)17-11-15(2)5-8-18(17)23-25/h3-4,6-7,9-10,15H,5,8,11-13H2,1-2H3,(H,22,26). The number of nitrogens with zero attached hydrogens (tertiary/aromatic N) is 3. The number of hydrogen-bond acceptors (Lipinski definition) is 3. The van der Waals surface area contributed by atoms with E-state index >= 15 is 0 Å². The van der Waals surface area contributed by atoms with E-state index in [1.807, 2.05) is 31.2 Å². The van der Waals surface area contributed by atoms with Crippen LogP contribution >= 0.6 is 0 Å². The SMILES string of the molecule is Cc1ccc(CNC(=O)Cn2ccn3nc4c(c3c2=O)CC(C)CC4)cc1. The predicted octanol–water partition coefficient (Wildman–Crippen LogP) is 2.25. The molecule has 27 heavy (non-hydrogen) atoms. The molecular formula is C21H24N4O2. The van der Waals surface area contributed by atoms with Crippen LogP contribution in [0.3, 0.4) is 0 Å². The Morgan fingerprint density at radius 2 is 2.04 bits per heavy atom. The third-order valence-corrected chi connectivity index (χ3v) is 5.29.